The minimum absolute atomic E-state index is 0.00134. The van der Waals surface area contributed by atoms with Gasteiger partial charge in [0.15, 0.2) is 0 Å². The van der Waals surface area contributed by atoms with Crippen LogP contribution in [0.3, 0.4) is 0 Å². The summed E-state index contributed by atoms with van der Waals surface area (Å²) >= 11 is 1.59. The predicted octanol–water partition coefficient (Wildman–Crippen LogP) is 3.46. The average Bonchev–Trinajstić information content (AvgIpc) is 2.69. The number of amides is 1. The Balaban J connectivity index is 2.04. The molecule has 2 aromatic carbocycles. The second kappa shape index (κ2) is 10.4. The van der Waals surface area contributed by atoms with Gasteiger partial charge in [-0.1, -0.05) is 35.9 Å². The first-order chi connectivity index (χ1) is 13.0. The molecule has 0 unspecified atom stereocenters. The Morgan fingerprint density at radius 3 is 2.70 bits per heavy atom. The summed E-state index contributed by atoms with van der Waals surface area (Å²) in [5.41, 5.74) is 2.59. The number of hydrogen-bond acceptors (Lipinski definition) is 5. The first-order valence-electron chi connectivity index (χ1n) is 8.56. The fraction of sp³-hybridized carbons (Fsp3) is 0.286. The Kier molecular flexibility index (Phi) is 7.90. The predicted molar refractivity (Wildman–Crippen MR) is 106 cm³/mol. The maximum Gasteiger partial charge on any atom is 0.329 e. The van der Waals surface area contributed by atoms with Crippen LogP contribution in [0.2, 0.25) is 0 Å². The van der Waals surface area contributed by atoms with Gasteiger partial charge in [0.05, 0.1) is 11.6 Å². The first kappa shape index (κ1) is 20.5. The van der Waals surface area contributed by atoms with E-state index in [2.05, 4.69) is 11.4 Å². The highest BCUT2D eigenvalue weighted by Crippen LogP contribution is 2.11. The van der Waals surface area contributed by atoms with Crippen molar-refractivity contribution in [3.63, 3.8) is 0 Å². The number of esters is 1. The topological polar surface area (TPSA) is 79.2 Å². The molecular formula is C21H22N2O3S. The fourth-order valence-corrected chi connectivity index (χ4v) is 2.99. The summed E-state index contributed by atoms with van der Waals surface area (Å²) in [5, 5.41) is 11.9. The minimum atomic E-state index is -0.736. The van der Waals surface area contributed by atoms with Crippen LogP contribution in [0.25, 0.3) is 0 Å². The number of hydrogen-bond donors (Lipinski definition) is 1. The fourth-order valence-electron chi connectivity index (χ4n) is 2.52. The summed E-state index contributed by atoms with van der Waals surface area (Å²) in [5.74, 6) is -0.0974. The number of nitriles is 1. The second-order valence-electron chi connectivity index (χ2n) is 6.05. The molecule has 6 heteroatoms. The quantitative estimate of drug-likeness (QED) is 0.707. The van der Waals surface area contributed by atoms with E-state index < -0.39 is 12.0 Å². The standard InChI is InChI=1S/C21H22N2O3S/c1-15-6-5-9-16(12-15)20(24)23-19(10-11-27-2)21(25)26-14-18-8-4-3-7-17(18)13-22/h3-9,12,19H,10-11,14H2,1-2H3,(H,23,24)/t19-/m0/s1. The van der Waals surface area contributed by atoms with E-state index in [1.165, 1.54) is 0 Å². The molecular weight excluding hydrogens is 360 g/mol. The van der Waals surface area contributed by atoms with Crippen LogP contribution in [-0.4, -0.2) is 29.9 Å². The zero-order chi connectivity index (χ0) is 19.6. The third-order valence-electron chi connectivity index (χ3n) is 3.99. The Labute approximate surface area is 163 Å². The number of benzene rings is 2. The average molecular weight is 382 g/mol. The molecule has 1 N–H and O–H groups in total. The Morgan fingerprint density at radius 1 is 1.22 bits per heavy atom. The van der Waals surface area contributed by atoms with E-state index in [-0.39, 0.29) is 12.5 Å². The van der Waals surface area contributed by atoms with Gasteiger partial charge in [-0.15, -0.1) is 0 Å². The van der Waals surface area contributed by atoms with Gasteiger partial charge in [0.1, 0.15) is 12.6 Å². The monoisotopic (exact) mass is 382 g/mol. The number of rotatable bonds is 8. The lowest BCUT2D eigenvalue weighted by Crippen LogP contribution is -2.42. The molecule has 0 aliphatic carbocycles. The molecule has 0 fully saturated rings. The van der Waals surface area contributed by atoms with Crippen LogP contribution < -0.4 is 5.32 Å². The number of ether oxygens (including phenoxy) is 1. The van der Waals surface area contributed by atoms with Crippen molar-refractivity contribution in [3.05, 3.63) is 70.8 Å². The second-order valence-corrected chi connectivity index (χ2v) is 7.04. The first-order valence-corrected chi connectivity index (χ1v) is 9.95. The Hall–Kier alpha value is -2.78. The van der Waals surface area contributed by atoms with E-state index in [0.717, 1.165) is 5.56 Å². The van der Waals surface area contributed by atoms with E-state index in [9.17, 15) is 9.59 Å². The molecule has 140 valence electrons. The van der Waals surface area contributed by atoms with E-state index in [1.54, 1.807) is 54.2 Å². The molecule has 0 heterocycles. The Morgan fingerprint density at radius 2 is 2.00 bits per heavy atom. The van der Waals surface area contributed by atoms with E-state index in [1.807, 2.05) is 19.2 Å². The lowest BCUT2D eigenvalue weighted by atomic mass is 10.1. The number of carbonyl (C=O) groups excluding carboxylic acids is 2. The van der Waals surface area contributed by atoms with Crippen molar-refractivity contribution in [1.82, 2.24) is 5.32 Å². The number of carbonyl (C=O) groups is 2. The van der Waals surface area contributed by atoms with Crippen LogP contribution in [0.15, 0.2) is 48.5 Å². The van der Waals surface area contributed by atoms with Gasteiger partial charge in [0, 0.05) is 11.1 Å². The summed E-state index contributed by atoms with van der Waals surface area (Å²) < 4.78 is 5.38. The molecule has 0 saturated heterocycles. The van der Waals surface area contributed by atoms with Gasteiger partial charge in [0.2, 0.25) is 0 Å². The van der Waals surface area contributed by atoms with Crippen LogP contribution in [0.5, 0.6) is 0 Å². The highest BCUT2D eigenvalue weighted by atomic mass is 32.2. The van der Waals surface area contributed by atoms with Crippen molar-refractivity contribution < 1.29 is 14.3 Å². The maximum atomic E-state index is 12.5. The van der Waals surface area contributed by atoms with Crippen LogP contribution >= 0.6 is 11.8 Å². The molecule has 0 radical (unpaired) electrons. The molecule has 2 aromatic rings. The summed E-state index contributed by atoms with van der Waals surface area (Å²) in [6.45, 7) is 1.90. The molecule has 27 heavy (non-hydrogen) atoms. The molecule has 2 rings (SSSR count). The zero-order valence-corrected chi connectivity index (χ0v) is 16.2. The van der Waals surface area contributed by atoms with Crippen molar-refractivity contribution in [1.29, 1.82) is 5.26 Å². The third-order valence-corrected chi connectivity index (χ3v) is 4.63. The lowest BCUT2D eigenvalue weighted by molar-refractivity contribution is -0.147. The largest absolute Gasteiger partial charge is 0.459 e. The van der Waals surface area contributed by atoms with Gasteiger partial charge < -0.3 is 10.1 Å². The molecule has 1 atom stereocenters. The molecule has 5 nitrogen and oxygen atoms in total. The van der Waals surface area contributed by atoms with Crippen molar-refractivity contribution in [3.8, 4) is 6.07 Å². The van der Waals surface area contributed by atoms with E-state index in [0.29, 0.717) is 28.9 Å². The SMILES string of the molecule is CSCC[C@H](NC(=O)c1cccc(C)c1)C(=O)OCc1ccccc1C#N. The van der Waals surface area contributed by atoms with E-state index in [4.69, 9.17) is 10.00 Å². The van der Waals surface area contributed by atoms with Gasteiger partial charge in [-0.2, -0.15) is 17.0 Å². The summed E-state index contributed by atoms with van der Waals surface area (Å²) in [7, 11) is 0. The maximum absolute atomic E-state index is 12.5. The number of nitrogens with zero attached hydrogens (tertiary/aromatic N) is 1. The number of nitrogens with one attached hydrogen (secondary N) is 1. The molecule has 0 aliphatic rings. The third kappa shape index (κ3) is 6.15. The molecule has 0 spiro atoms. The van der Waals surface area contributed by atoms with Crippen LogP contribution in [0, 0.1) is 18.3 Å². The lowest BCUT2D eigenvalue weighted by Gasteiger charge is -2.18. The van der Waals surface area contributed by atoms with E-state index >= 15 is 0 Å². The highest BCUT2D eigenvalue weighted by Gasteiger charge is 2.23. The highest BCUT2D eigenvalue weighted by molar-refractivity contribution is 7.98. The Bertz CT molecular complexity index is 845. The smallest absolute Gasteiger partial charge is 0.329 e. The molecule has 0 aliphatic heterocycles. The molecule has 0 saturated carbocycles. The van der Waals surface area contributed by atoms with Gasteiger partial charge >= 0.3 is 5.97 Å². The normalized spacial score (nSPS) is 11.3. The summed E-state index contributed by atoms with van der Waals surface area (Å²) in [6.07, 6.45) is 2.41. The summed E-state index contributed by atoms with van der Waals surface area (Å²) in [6, 6.07) is 15.5. The van der Waals surface area contributed by atoms with Crippen molar-refractivity contribution in [2.75, 3.05) is 12.0 Å². The van der Waals surface area contributed by atoms with Gasteiger partial charge in [-0.05, 0) is 43.6 Å². The minimum Gasteiger partial charge on any atom is -0.459 e. The van der Waals surface area contributed by atoms with Crippen LogP contribution in [-0.2, 0) is 16.1 Å². The van der Waals surface area contributed by atoms with Crippen LogP contribution in [0.1, 0.15) is 33.5 Å². The van der Waals surface area contributed by atoms with Gasteiger partial charge in [0.25, 0.3) is 5.91 Å². The van der Waals surface area contributed by atoms with Crippen LogP contribution in [0.4, 0.5) is 0 Å². The number of aryl methyl sites for hydroxylation is 1. The van der Waals surface area contributed by atoms with Gasteiger partial charge in [-0.25, -0.2) is 4.79 Å². The van der Waals surface area contributed by atoms with Gasteiger partial charge in [-0.3, -0.25) is 4.79 Å². The molecule has 0 bridgehead atoms. The van der Waals surface area contributed by atoms with Crippen molar-refractivity contribution >= 4 is 23.6 Å². The molecule has 1 amide bonds. The number of thioether (sulfide) groups is 1. The molecule has 0 aromatic heterocycles. The van der Waals surface area contributed by atoms with Crippen molar-refractivity contribution in [2.24, 2.45) is 0 Å². The summed E-state index contributed by atoms with van der Waals surface area (Å²) in [4.78, 5) is 25.0. The zero-order valence-electron chi connectivity index (χ0n) is 15.4. The van der Waals surface area contributed by atoms with Crippen molar-refractivity contribution in [2.45, 2.75) is 26.0 Å².